The lowest BCUT2D eigenvalue weighted by molar-refractivity contribution is 1.38. The molecule has 0 heterocycles. The van der Waals surface area contributed by atoms with E-state index >= 15 is 0 Å². The van der Waals surface area contributed by atoms with Gasteiger partial charge in [0, 0.05) is 0 Å². The molecule has 2 N–H and O–H groups in total. The van der Waals surface area contributed by atoms with Crippen molar-refractivity contribution >= 4 is 11.4 Å². The van der Waals surface area contributed by atoms with Crippen molar-refractivity contribution in [2.75, 3.05) is 10.9 Å². The van der Waals surface area contributed by atoms with Crippen LogP contribution >= 0.6 is 0 Å². The van der Waals surface area contributed by atoms with Crippen LogP contribution in [-0.4, -0.2) is 0 Å². The highest BCUT2D eigenvalue weighted by atomic mass is 15.4. The maximum atomic E-state index is 8.94. The largest absolute Gasteiger partial charge is 0.301 e. The van der Waals surface area contributed by atoms with Gasteiger partial charge in [-0.2, -0.15) is 10.5 Å². The number of nitrogens with zero attached hydrogens (tertiary/aromatic N) is 2. The van der Waals surface area contributed by atoms with Gasteiger partial charge in [-0.3, -0.25) is 5.43 Å². The van der Waals surface area contributed by atoms with Crippen molar-refractivity contribution in [2.45, 2.75) is 0 Å². The van der Waals surface area contributed by atoms with Crippen molar-refractivity contribution in [1.29, 1.82) is 10.5 Å². The number of nitrogens with one attached hydrogen (secondary N) is 2. The summed E-state index contributed by atoms with van der Waals surface area (Å²) in [5.74, 6) is 0. The molecule has 2 rings (SSSR count). The monoisotopic (exact) mass is 234 g/mol. The highest BCUT2D eigenvalue weighted by Gasteiger charge is 1.99. The third-order valence-corrected chi connectivity index (χ3v) is 2.38. The Balaban J connectivity index is 2.12. The van der Waals surface area contributed by atoms with E-state index in [1.807, 2.05) is 12.1 Å². The van der Waals surface area contributed by atoms with Gasteiger partial charge in [-0.05, 0) is 30.3 Å². The van der Waals surface area contributed by atoms with Crippen LogP contribution in [0.15, 0.2) is 48.5 Å². The SMILES string of the molecule is N#Cc1cccc(NNc2ccccc2C#N)c1. The Hall–Kier alpha value is -2.98. The van der Waals surface area contributed by atoms with Crippen LogP contribution in [0, 0.1) is 22.7 Å². The topological polar surface area (TPSA) is 71.6 Å². The van der Waals surface area contributed by atoms with Gasteiger partial charge in [0.2, 0.25) is 0 Å². The molecule has 0 radical (unpaired) electrons. The zero-order chi connectivity index (χ0) is 12.8. The van der Waals surface area contributed by atoms with E-state index in [-0.39, 0.29) is 0 Å². The van der Waals surface area contributed by atoms with E-state index < -0.39 is 0 Å². The molecule has 0 bridgehead atoms. The summed E-state index contributed by atoms with van der Waals surface area (Å²) in [6.45, 7) is 0. The lowest BCUT2D eigenvalue weighted by Gasteiger charge is -2.10. The molecule has 2 aromatic carbocycles. The Morgan fingerprint density at radius 1 is 0.833 bits per heavy atom. The first kappa shape index (κ1) is 11.5. The molecule has 0 aliphatic carbocycles. The number of nitriles is 2. The Labute approximate surface area is 105 Å². The first-order chi connectivity index (χ1) is 8.83. The molecule has 0 aliphatic heterocycles. The highest BCUT2D eigenvalue weighted by Crippen LogP contribution is 2.15. The van der Waals surface area contributed by atoms with E-state index in [9.17, 15) is 0 Å². The third-order valence-electron chi connectivity index (χ3n) is 2.38. The minimum atomic E-state index is 0.557. The number of hydrazine groups is 1. The second kappa shape index (κ2) is 5.38. The lowest BCUT2D eigenvalue weighted by Crippen LogP contribution is -2.09. The Kier molecular flexibility index (Phi) is 3.44. The quantitative estimate of drug-likeness (QED) is 0.801. The second-order valence-corrected chi connectivity index (χ2v) is 3.60. The molecular weight excluding hydrogens is 224 g/mol. The van der Waals surface area contributed by atoms with Crippen molar-refractivity contribution in [2.24, 2.45) is 0 Å². The molecule has 0 saturated heterocycles. The van der Waals surface area contributed by atoms with E-state index in [0.717, 1.165) is 5.69 Å². The molecule has 0 amide bonds. The molecule has 86 valence electrons. The molecule has 2 aromatic rings. The molecule has 0 aromatic heterocycles. The number of hydrogen-bond acceptors (Lipinski definition) is 4. The van der Waals surface area contributed by atoms with Gasteiger partial charge in [0.05, 0.1) is 28.6 Å². The first-order valence-corrected chi connectivity index (χ1v) is 5.35. The summed E-state index contributed by atoms with van der Waals surface area (Å²) < 4.78 is 0. The number of anilines is 2. The van der Waals surface area contributed by atoms with Crippen molar-refractivity contribution in [3.8, 4) is 12.1 Å². The van der Waals surface area contributed by atoms with Gasteiger partial charge in [-0.1, -0.05) is 18.2 Å². The molecular formula is C14H10N4. The van der Waals surface area contributed by atoms with Gasteiger partial charge in [0.15, 0.2) is 0 Å². The molecule has 0 fully saturated rings. The molecule has 0 aliphatic rings. The van der Waals surface area contributed by atoms with E-state index in [2.05, 4.69) is 23.0 Å². The molecule has 0 atom stereocenters. The predicted octanol–water partition coefficient (Wildman–Crippen LogP) is 2.87. The normalized spacial score (nSPS) is 9.00. The van der Waals surface area contributed by atoms with E-state index in [4.69, 9.17) is 10.5 Å². The van der Waals surface area contributed by atoms with Crippen molar-refractivity contribution < 1.29 is 0 Å². The molecule has 0 spiro atoms. The fourth-order valence-electron chi connectivity index (χ4n) is 1.50. The number of rotatable bonds is 3. The van der Waals surface area contributed by atoms with Gasteiger partial charge in [0.1, 0.15) is 6.07 Å². The van der Waals surface area contributed by atoms with Gasteiger partial charge < -0.3 is 5.43 Å². The summed E-state index contributed by atoms with van der Waals surface area (Å²) >= 11 is 0. The Morgan fingerprint density at radius 2 is 1.67 bits per heavy atom. The maximum absolute atomic E-state index is 8.94. The summed E-state index contributed by atoms with van der Waals surface area (Å²) in [6, 6.07) is 18.4. The van der Waals surface area contributed by atoms with Crippen molar-refractivity contribution in [1.82, 2.24) is 0 Å². The summed E-state index contributed by atoms with van der Waals surface area (Å²) in [6.07, 6.45) is 0. The Bertz CT molecular complexity index is 635. The fraction of sp³-hybridized carbons (Fsp3) is 0. The minimum Gasteiger partial charge on any atom is -0.301 e. The van der Waals surface area contributed by atoms with Crippen molar-refractivity contribution in [3.63, 3.8) is 0 Å². The summed E-state index contributed by atoms with van der Waals surface area (Å²) in [5, 5.41) is 17.7. The first-order valence-electron chi connectivity index (χ1n) is 5.35. The molecule has 0 saturated carbocycles. The third kappa shape index (κ3) is 2.58. The van der Waals surface area contributed by atoms with E-state index in [1.54, 1.807) is 36.4 Å². The zero-order valence-electron chi connectivity index (χ0n) is 9.51. The van der Waals surface area contributed by atoms with Gasteiger partial charge in [-0.25, -0.2) is 0 Å². The maximum Gasteiger partial charge on any atom is 0.101 e. The predicted molar refractivity (Wildman–Crippen MR) is 69.6 cm³/mol. The molecule has 4 heteroatoms. The summed E-state index contributed by atoms with van der Waals surface area (Å²) in [4.78, 5) is 0. The minimum absolute atomic E-state index is 0.557. The molecule has 4 nitrogen and oxygen atoms in total. The highest BCUT2D eigenvalue weighted by molar-refractivity contribution is 5.61. The van der Waals surface area contributed by atoms with Crippen LogP contribution < -0.4 is 10.9 Å². The van der Waals surface area contributed by atoms with Crippen LogP contribution in [0.3, 0.4) is 0 Å². The number of hydrogen-bond donors (Lipinski definition) is 2. The van der Waals surface area contributed by atoms with Crippen LogP contribution in [0.5, 0.6) is 0 Å². The number of para-hydroxylation sites is 1. The van der Waals surface area contributed by atoms with E-state index in [0.29, 0.717) is 16.8 Å². The van der Waals surface area contributed by atoms with Crippen LogP contribution in [0.1, 0.15) is 11.1 Å². The van der Waals surface area contributed by atoms with Crippen LogP contribution in [0.25, 0.3) is 0 Å². The van der Waals surface area contributed by atoms with Crippen LogP contribution in [0.2, 0.25) is 0 Å². The summed E-state index contributed by atoms with van der Waals surface area (Å²) in [5.41, 5.74) is 8.51. The van der Waals surface area contributed by atoms with Gasteiger partial charge >= 0.3 is 0 Å². The smallest absolute Gasteiger partial charge is 0.101 e. The van der Waals surface area contributed by atoms with Gasteiger partial charge in [0.25, 0.3) is 0 Å². The van der Waals surface area contributed by atoms with Crippen LogP contribution in [-0.2, 0) is 0 Å². The standard InChI is InChI=1S/C14H10N4/c15-9-11-4-3-6-13(8-11)17-18-14-7-2-1-5-12(14)10-16/h1-8,17-18H. The molecule has 0 unspecified atom stereocenters. The average Bonchev–Trinajstić information content (AvgIpc) is 2.45. The van der Waals surface area contributed by atoms with Gasteiger partial charge in [-0.15, -0.1) is 0 Å². The second-order valence-electron chi connectivity index (χ2n) is 3.60. The zero-order valence-corrected chi connectivity index (χ0v) is 9.51. The number of benzene rings is 2. The van der Waals surface area contributed by atoms with Crippen LogP contribution in [0.4, 0.5) is 11.4 Å². The summed E-state index contributed by atoms with van der Waals surface area (Å²) in [7, 11) is 0. The average molecular weight is 234 g/mol. The Morgan fingerprint density at radius 3 is 2.44 bits per heavy atom. The molecule has 18 heavy (non-hydrogen) atoms. The lowest BCUT2D eigenvalue weighted by atomic mass is 10.2. The van der Waals surface area contributed by atoms with E-state index in [1.165, 1.54) is 0 Å². The fourth-order valence-corrected chi connectivity index (χ4v) is 1.50. The van der Waals surface area contributed by atoms with Crippen molar-refractivity contribution in [3.05, 3.63) is 59.7 Å².